The molecular weight excluding hydrogens is 444 g/mol. The molecule has 3 rings (SSSR count). The van der Waals surface area contributed by atoms with E-state index in [0.717, 1.165) is 17.2 Å². The van der Waals surface area contributed by atoms with Crippen LogP contribution in [0.3, 0.4) is 0 Å². The number of anilines is 1. The summed E-state index contributed by atoms with van der Waals surface area (Å²) in [6.45, 7) is 8.89. The minimum absolute atomic E-state index is 0.0201. The SMILES string of the molecule is COc1ccc(OC[C@H](C)NC(=S)Nc2cccc(C(=O)c3ccc(C(C)(C)C)cc3)c2)cc1. The van der Waals surface area contributed by atoms with Crippen molar-refractivity contribution in [2.24, 2.45) is 0 Å². The summed E-state index contributed by atoms with van der Waals surface area (Å²) in [7, 11) is 1.63. The first-order valence-electron chi connectivity index (χ1n) is 11.3. The molecule has 3 aromatic carbocycles. The molecule has 0 aromatic heterocycles. The van der Waals surface area contributed by atoms with Crippen molar-refractivity contribution in [2.75, 3.05) is 19.0 Å². The van der Waals surface area contributed by atoms with E-state index in [4.69, 9.17) is 21.7 Å². The second-order valence-electron chi connectivity index (χ2n) is 9.22. The number of ether oxygens (including phenoxy) is 2. The number of hydrogen-bond acceptors (Lipinski definition) is 4. The molecular formula is C28H32N2O3S. The van der Waals surface area contributed by atoms with E-state index in [2.05, 4.69) is 31.4 Å². The Labute approximate surface area is 207 Å². The summed E-state index contributed by atoms with van der Waals surface area (Å²) < 4.78 is 11.0. The minimum Gasteiger partial charge on any atom is -0.497 e. The summed E-state index contributed by atoms with van der Waals surface area (Å²) in [4.78, 5) is 13.0. The van der Waals surface area contributed by atoms with Crippen molar-refractivity contribution in [3.8, 4) is 11.5 Å². The van der Waals surface area contributed by atoms with Crippen LogP contribution in [0.15, 0.2) is 72.8 Å². The lowest BCUT2D eigenvalue weighted by atomic mass is 9.86. The molecule has 0 saturated carbocycles. The van der Waals surface area contributed by atoms with Crippen LogP contribution in [0.1, 0.15) is 49.2 Å². The molecule has 5 nitrogen and oxygen atoms in total. The van der Waals surface area contributed by atoms with Gasteiger partial charge in [-0.3, -0.25) is 4.79 Å². The van der Waals surface area contributed by atoms with Gasteiger partial charge in [0, 0.05) is 16.8 Å². The average Bonchev–Trinajstić information content (AvgIpc) is 2.82. The van der Waals surface area contributed by atoms with E-state index < -0.39 is 0 Å². The molecule has 0 aliphatic carbocycles. The maximum absolute atomic E-state index is 13.0. The van der Waals surface area contributed by atoms with E-state index in [9.17, 15) is 4.79 Å². The van der Waals surface area contributed by atoms with Crippen molar-refractivity contribution >= 4 is 28.8 Å². The highest BCUT2D eigenvalue weighted by Crippen LogP contribution is 2.23. The molecule has 0 aliphatic heterocycles. The molecule has 3 aromatic rings. The van der Waals surface area contributed by atoms with Gasteiger partial charge in [0.15, 0.2) is 10.9 Å². The number of hydrogen-bond donors (Lipinski definition) is 2. The monoisotopic (exact) mass is 476 g/mol. The first-order chi connectivity index (χ1) is 16.2. The van der Waals surface area contributed by atoms with Crippen LogP contribution < -0.4 is 20.1 Å². The zero-order valence-electron chi connectivity index (χ0n) is 20.3. The van der Waals surface area contributed by atoms with Gasteiger partial charge in [-0.15, -0.1) is 0 Å². The highest BCUT2D eigenvalue weighted by Gasteiger charge is 2.15. The van der Waals surface area contributed by atoms with Crippen LogP contribution in [0.25, 0.3) is 0 Å². The number of methoxy groups -OCH3 is 1. The highest BCUT2D eigenvalue weighted by atomic mass is 32.1. The smallest absolute Gasteiger partial charge is 0.193 e. The normalized spacial score (nSPS) is 11.9. The predicted octanol–water partition coefficient (Wildman–Crippen LogP) is 5.98. The van der Waals surface area contributed by atoms with Crippen LogP contribution in [0.5, 0.6) is 11.5 Å². The molecule has 0 fully saturated rings. The van der Waals surface area contributed by atoms with Gasteiger partial charge in [0.05, 0.1) is 13.2 Å². The van der Waals surface area contributed by atoms with Gasteiger partial charge in [0.2, 0.25) is 0 Å². The number of benzene rings is 3. The molecule has 1 atom stereocenters. The Kier molecular flexibility index (Phi) is 8.29. The third-order valence-corrected chi connectivity index (χ3v) is 5.55. The van der Waals surface area contributed by atoms with Crippen molar-refractivity contribution < 1.29 is 14.3 Å². The molecule has 6 heteroatoms. The van der Waals surface area contributed by atoms with Crippen LogP contribution in [0, 0.1) is 0 Å². The summed E-state index contributed by atoms with van der Waals surface area (Å²) in [5, 5.41) is 6.83. The van der Waals surface area contributed by atoms with E-state index in [0.29, 0.717) is 22.8 Å². The largest absolute Gasteiger partial charge is 0.497 e. The number of thiocarbonyl (C=S) groups is 1. The fourth-order valence-electron chi connectivity index (χ4n) is 3.35. The topological polar surface area (TPSA) is 59.6 Å². The lowest BCUT2D eigenvalue weighted by Crippen LogP contribution is -2.39. The quantitative estimate of drug-likeness (QED) is 0.308. The first kappa shape index (κ1) is 25.2. The van der Waals surface area contributed by atoms with Crippen molar-refractivity contribution in [2.45, 2.75) is 39.2 Å². The van der Waals surface area contributed by atoms with Crippen LogP contribution in [-0.2, 0) is 5.41 Å². The first-order valence-corrected chi connectivity index (χ1v) is 11.7. The van der Waals surface area contributed by atoms with Gasteiger partial charge in [-0.2, -0.15) is 0 Å². The van der Waals surface area contributed by atoms with Crippen molar-refractivity contribution in [3.63, 3.8) is 0 Å². The zero-order valence-corrected chi connectivity index (χ0v) is 21.2. The standard InChI is InChI=1S/C28H32N2O3S/c1-19(18-33-25-15-13-24(32-5)14-16-25)29-27(34)30-23-8-6-7-21(17-23)26(31)20-9-11-22(12-10-20)28(2,3)4/h6-17,19H,18H2,1-5H3,(H2,29,30,34)/t19-/m0/s1. The third kappa shape index (κ3) is 7.06. The minimum atomic E-state index is -0.0238. The highest BCUT2D eigenvalue weighted by molar-refractivity contribution is 7.80. The van der Waals surface area contributed by atoms with Gasteiger partial charge in [0.1, 0.15) is 18.1 Å². The van der Waals surface area contributed by atoms with E-state index in [1.54, 1.807) is 7.11 Å². The van der Waals surface area contributed by atoms with Gasteiger partial charge < -0.3 is 20.1 Å². The predicted molar refractivity (Wildman–Crippen MR) is 142 cm³/mol. The van der Waals surface area contributed by atoms with E-state index in [1.165, 1.54) is 5.56 Å². The molecule has 0 unspecified atom stereocenters. The lowest BCUT2D eigenvalue weighted by molar-refractivity contribution is 0.103. The summed E-state index contributed by atoms with van der Waals surface area (Å²) >= 11 is 5.45. The van der Waals surface area contributed by atoms with Gasteiger partial charge in [0.25, 0.3) is 0 Å². The average molecular weight is 477 g/mol. The van der Waals surface area contributed by atoms with Crippen LogP contribution in [0.2, 0.25) is 0 Å². The Hall–Kier alpha value is -3.38. The summed E-state index contributed by atoms with van der Waals surface area (Å²) in [6.07, 6.45) is 0. The van der Waals surface area contributed by atoms with Gasteiger partial charge in [-0.1, -0.05) is 57.2 Å². The number of rotatable bonds is 8. The van der Waals surface area contributed by atoms with E-state index in [-0.39, 0.29) is 17.2 Å². The maximum Gasteiger partial charge on any atom is 0.193 e. The molecule has 0 radical (unpaired) electrons. The Bertz CT molecular complexity index is 1120. The second-order valence-corrected chi connectivity index (χ2v) is 9.63. The van der Waals surface area contributed by atoms with Gasteiger partial charge in [-0.25, -0.2) is 0 Å². The molecule has 0 amide bonds. The molecule has 34 heavy (non-hydrogen) atoms. The molecule has 2 N–H and O–H groups in total. The van der Waals surface area contributed by atoms with Crippen molar-refractivity contribution in [1.82, 2.24) is 5.32 Å². The van der Waals surface area contributed by atoms with Crippen LogP contribution >= 0.6 is 12.2 Å². The molecule has 0 heterocycles. The van der Waals surface area contributed by atoms with E-state index >= 15 is 0 Å². The summed E-state index contributed by atoms with van der Waals surface area (Å²) in [5.41, 5.74) is 3.26. The third-order valence-electron chi connectivity index (χ3n) is 5.33. The van der Waals surface area contributed by atoms with Crippen molar-refractivity contribution in [3.05, 3.63) is 89.5 Å². The Morgan fingerprint density at radius 3 is 2.21 bits per heavy atom. The Morgan fingerprint density at radius 1 is 0.941 bits per heavy atom. The molecule has 0 spiro atoms. The summed E-state index contributed by atoms with van der Waals surface area (Å²) in [6, 6.07) is 22.6. The number of carbonyl (C=O) groups excluding carboxylic acids is 1. The number of carbonyl (C=O) groups is 1. The number of ketones is 1. The number of nitrogens with one attached hydrogen (secondary N) is 2. The molecule has 0 bridgehead atoms. The Balaban J connectivity index is 1.55. The van der Waals surface area contributed by atoms with Crippen LogP contribution in [0.4, 0.5) is 5.69 Å². The van der Waals surface area contributed by atoms with Crippen LogP contribution in [-0.4, -0.2) is 30.7 Å². The molecule has 0 aliphatic rings. The molecule has 178 valence electrons. The van der Waals surface area contributed by atoms with Gasteiger partial charge >= 0.3 is 0 Å². The maximum atomic E-state index is 13.0. The zero-order chi connectivity index (χ0) is 24.7. The lowest BCUT2D eigenvalue weighted by Gasteiger charge is -2.19. The van der Waals surface area contributed by atoms with Crippen molar-refractivity contribution in [1.29, 1.82) is 0 Å². The van der Waals surface area contributed by atoms with E-state index in [1.807, 2.05) is 79.7 Å². The Morgan fingerprint density at radius 2 is 1.59 bits per heavy atom. The fourth-order valence-corrected chi connectivity index (χ4v) is 3.67. The fraction of sp³-hybridized carbons (Fsp3) is 0.286. The van der Waals surface area contributed by atoms with Gasteiger partial charge in [-0.05, 0) is 66.5 Å². The second kappa shape index (κ2) is 11.2. The summed E-state index contributed by atoms with van der Waals surface area (Å²) in [5.74, 6) is 1.52. The molecule has 0 saturated heterocycles.